The number of anilines is 1. The van der Waals surface area contributed by atoms with Crippen LogP contribution in [0.2, 0.25) is 0 Å². The Morgan fingerprint density at radius 3 is 3.00 bits per heavy atom. The van der Waals surface area contributed by atoms with Crippen LogP contribution >= 0.6 is 0 Å². The van der Waals surface area contributed by atoms with Crippen LogP contribution in [0.15, 0.2) is 47.0 Å². The van der Waals surface area contributed by atoms with Gasteiger partial charge in [0, 0.05) is 24.4 Å². The summed E-state index contributed by atoms with van der Waals surface area (Å²) in [6, 6.07) is 11.2. The highest BCUT2D eigenvalue weighted by Crippen LogP contribution is 2.34. The normalized spacial score (nSPS) is 14.3. The molecule has 0 saturated heterocycles. The first-order valence-electron chi connectivity index (χ1n) is 8.10. The molecule has 1 amide bonds. The zero-order valence-electron chi connectivity index (χ0n) is 13.5. The van der Waals surface area contributed by atoms with Crippen LogP contribution < -0.4 is 9.64 Å². The molecule has 0 saturated carbocycles. The minimum atomic E-state index is -0.135. The number of carbonyl (C=O) groups is 1. The van der Waals surface area contributed by atoms with Crippen LogP contribution in [0.25, 0.3) is 11.1 Å². The molecular weight excluding hydrogens is 304 g/mol. The van der Waals surface area contributed by atoms with E-state index >= 15 is 0 Å². The molecule has 0 unspecified atom stereocenters. The molecule has 0 spiro atoms. The monoisotopic (exact) mass is 322 g/mol. The summed E-state index contributed by atoms with van der Waals surface area (Å²) < 4.78 is 11.2. The van der Waals surface area contributed by atoms with E-state index in [2.05, 4.69) is 4.98 Å². The van der Waals surface area contributed by atoms with Crippen LogP contribution in [0.4, 0.5) is 5.69 Å². The van der Waals surface area contributed by atoms with E-state index in [4.69, 9.17) is 9.15 Å². The number of fused-ring (bicyclic) bond motifs is 2. The maximum absolute atomic E-state index is 13.0. The lowest BCUT2D eigenvalue weighted by Crippen LogP contribution is -2.31. The molecule has 3 aromatic rings. The lowest BCUT2D eigenvalue weighted by atomic mass is 10.1. The lowest BCUT2D eigenvalue weighted by molar-refractivity contribution is 0.0962. The lowest BCUT2D eigenvalue weighted by Gasteiger charge is -2.22. The molecule has 5 nitrogen and oxygen atoms in total. The molecule has 1 aromatic carbocycles. The van der Waals surface area contributed by atoms with E-state index in [1.165, 1.54) is 0 Å². The molecule has 1 aliphatic heterocycles. The number of methoxy groups -OCH3 is 1. The largest absolute Gasteiger partial charge is 0.496 e. The molecule has 122 valence electrons. The Morgan fingerprint density at radius 2 is 2.17 bits per heavy atom. The van der Waals surface area contributed by atoms with Crippen molar-refractivity contribution in [3.05, 3.63) is 53.9 Å². The van der Waals surface area contributed by atoms with E-state index in [0.29, 0.717) is 23.4 Å². The first-order chi connectivity index (χ1) is 11.8. The van der Waals surface area contributed by atoms with Gasteiger partial charge >= 0.3 is 0 Å². The van der Waals surface area contributed by atoms with E-state index < -0.39 is 0 Å². The molecule has 4 rings (SSSR count). The number of rotatable bonds is 2. The van der Waals surface area contributed by atoms with Gasteiger partial charge in [-0.2, -0.15) is 0 Å². The maximum atomic E-state index is 13.0. The summed E-state index contributed by atoms with van der Waals surface area (Å²) >= 11 is 0. The van der Waals surface area contributed by atoms with Crippen molar-refractivity contribution in [1.82, 2.24) is 4.98 Å². The Hall–Kier alpha value is -2.82. The van der Waals surface area contributed by atoms with Gasteiger partial charge in [-0.25, -0.2) is 0 Å². The van der Waals surface area contributed by atoms with Gasteiger partial charge in [-0.15, -0.1) is 0 Å². The van der Waals surface area contributed by atoms with Gasteiger partial charge in [-0.1, -0.05) is 6.07 Å². The minimum absolute atomic E-state index is 0.135. The SMILES string of the molecule is COc1cccc2c1CCCCN2C(=O)c1cc2ncccc2o1. The van der Waals surface area contributed by atoms with E-state index in [1.54, 1.807) is 30.3 Å². The molecular formula is C19H18N2O3. The second-order valence-corrected chi connectivity index (χ2v) is 5.87. The summed E-state index contributed by atoms with van der Waals surface area (Å²) in [5, 5.41) is 0. The molecule has 5 heteroatoms. The minimum Gasteiger partial charge on any atom is -0.496 e. The number of benzene rings is 1. The number of hydrogen-bond acceptors (Lipinski definition) is 4. The summed E-state index contributed by atoms with van der Waals surface area (Å²) in [5.74, 6) is 1.02. The third kappa shape index (κ3) is 2.42. The molecule has 0 N–H and O–H groups in total. The molecule has 2 aromatic heterocycles. The molecule has 0 bridgehead atoms. The van der Waals surface area contributed by atoms with Crippen LogP contribution in [0.1, 0.15) is 29.0 Å². The number of hydrogen-bond donors (Lipinski definition) is 0. The smallest absolute Gasteiger partial charge is 0.294 e. The van der Waals surface area contributed by atoms with Crippen LogP contribution in [-0.4, -0.2) is 24.5 Å². The Kier molecular flexibility index (Phi) is 3.69. The summed E-state index contributed by atoms with van der Waals surface area (Å²) in [5.41, 5.74) is 3.31. The zero-order valence-corrected chi connectivity index (χ0v) is 13.5. The maximum Gasteiger partial charge on any atom is 0.294 e. The van der Waals surface area contributed by atoms with Gasteiger partial charge in [0.2, 0.25) is 0 Å². The van der Waals surface area contributed by atoms with Gasteiger partial charge < -0.3 is 14.1 Å². The van der Waals surface area contributed by atoms with Crippen LogP contribution in [0.3, 0.4) is 0 Å². The zero-order chi connectivity index (χ0) is 16.5. The quantitative estimate of drug-likeness (QED) is 0.720. The van der Waals surface area contributed by atoms with E-state index in [-0.39, 0.29) is 5.91 Å². The van der Waals surface area contributed by atoms with Gasteiger partial charge in [0.15, 0.2) is 11.3 Å². The number of amides is 1. The Labute approximate surface area is 139 Å². The van der Waals surface area contributed by atoms with Gasteiger partial charge in [-0.3, -0.25) is 9.78 Å². The van der Waals surface area contributed by atoms with Crippen LogP contribution in [0, 0.1) is 0 Å². The fraction of sp³-hybridized carbons (Fsp3) is 0.263. The molecule has 3 heterocycles. The number of nitrogens with zero attached hydrogens (tertiary/aromatic N) is 2. The van der Waals surface area contributed by atoms with E-state index in [9.17, 15) is 4.79 Å². The van der Waals surface area contributed by atoms with E-state index in [0.717, 1.165) is 36.3 Å². The third-order valence-corrected chi connectivity index (χ3v) is 4.42. The van der Waals surface area contributed by atoms with E-state index in [1.807, 2.05) is 24.3 Å². The number of aromatic nitrogens is 1. The average Bonchev–Trinajstić information content (AvgIpc) is 2.93. The Balaban J connectivity index is 1.77. The third-order valence-electron chi connectivity index (χ3n) is 4.42. The van der Waals surface area contributed by atoms with Gasteiger partial charge in [0.1, 0.15) is 11.3 Å². The topological polar surface area (TPSA) is 55.6 Å². The van der Waals surface area contributed by atoms with Gasteiger partial charge in [0.25, 0.3) is 5.91 Å². The number of furan rings is 1. The van der Waals surface area contributed by atoms with Crippen molar-refractivity contribution in [2.75, 3.05) is 18.6 Å². The highest BCUT2D eigenvalue weighted by molar-refractivity contribution is 6.06. The highest BCUT2D eigenvalue weighted by atomic mass is 16.5. The van der Waals surface area contributed by atoms with Crippen molar-refractivity contribution in [2.24, 2.45) is 0 Å². The first-order valence-corrected chi connectivity index (χ1v) is 8.10. The molecule has 0 atom stereocenters. The fourth-order valence-electron chi connectivity index (χ4n) is 3.26. The first kappa shape index (κ1) is 14.8. The summed E-state index contributed by atoms with van der Waals surface area (Å²) in [7, 11) is 1.66. The summed E-state index contributed by atoms with van der Waals surface area (Å²) in [6.07, 6.45) is 4.57. The second-order valence-electron chi connectivity index (χ2n) is 5.87. The second kappa shape index (κ2) is 6.00. The molecule has 0 radical (unpaired) electrons. The van der Waals surface area contributed by atoms with Crippen molar-refractivity contribution in [3.8, 4) is 5.75 Å². The Morgan fingerprint density at radius 1 is 1.25 bits per heavy atom. The van der Waals surface area contributed by atoms with Crippen LogP contribution in [-0.2, 0) is 6.42 Å². The van der Waals surface area contributed by atoms with Crippen molar-refractivity contribution in [1.29, 1.82) is 0 Å². The van der Waals surface area contributed by atoms with Crippen molar-refractivity contribution in [2.45, 2.75) is 19.3 Å². The molecule has 24 heavy (non-hydrogen) atoms. The molecule has 1 aliphatic rings. The van der Waals surface area contributed by atoms with Gasteiger partial charge in [0.05, 0.1) is 12.8 Å². The van der Waals surface area contributed by atoms with Gasteiger partial charge in [-0.05, 0) is 43.5 Å². The van der Waals surface area contributed by atoms with Crippen molar-refractivity contribution < 1.29 is 13.9 Å². The fourth-order valence-corrected chi connectivity index (χ4v) is 3.26. The number of ether oxygens (including phenoxy) is 1. The number of carbonyl (C=O) groups excluding carboxylic acids is 1. The summed E-state index contributed by atoms with van der Waals surface area (Å²) in [4.78, 5) is 19.1. The van der Waals surface area contributed by atoms with Crippen molar-refractivity contribution >= 4 is 22.7 Å². The molecule has 0 aliphatic carbocycles. The summed E-state index contributed by atoms with van der Waals surface area (Å²) in [6.45, 7) is 0.670. The number of pyridine rings is 1. The Bertz CT molecular complexity index is 868. The highest BCUT2D eigenvalue weighted by Gasteiger charge is 2.26. The van der Waals surface area contributed by atoms with Crippen LogP contribution in [0.5, 0.6) is 5.75 Å². The standard InChI is InChI=1S/C19H18N2O3/c1-23-16-8-4-7-15-13(16)6-2-3-11-21(15)19(22)18-12-14-17(24-18)9-5-10-20-14/h4-5,7-10,12H,2-3,6,11H2,1H3. The predicted octanol–water partition coefficient (Wildman–Crippen LogP) is 3.82. The molecule has 0 fully saturated rings. The average molecular weight is 322 g/mol. The predicted molar refractivity (Wildman–Crippen MR) is 91.6 cm³/mol. The van der Waals surface area contributed by atoms with Crippen molar-refractivity contribution in [3.63, 3.8) is 0 Å².